The number of rotatable bonds is 4. The molecule has 0 spiro atoms. The maximum absolute atomic E-state index is 12.8. The Morgan fingerprint density at radius 2 is 1.96 bits per heavy atom. The normalized spacial score (nSPS) is 17.6. The second-order valence-electron chi connectivity index (χ2n) is 7.25. The molecule has 1 fully saturated rings. The van der Waals surface area contributed by atoms with E-state index in [9.17, 15) is 4.79 Å². The maximum Gasteiger partial charge on any atom is 0.322 e. The van der Waals surface area contributed by atoms with Gasteiger partial charge in [-0.15, -0.1) is 0 Å². The number of nitrogens with zero attached hydrogens (tertiary/aromatic N) is 3. The quantitative estimate of drug-likeness (QED) is 0.904. The molecule has 2 aliphatic rings. The van der Waals surface area contributed by atoms with Gasteiger partial charge in [0.2, 0.25) is 0 Å². The molecule has 0 radical (unpaired) electrons. The summed E-state index contributed by atoms with van der Waals surface area (Å²) in [5.41, 5.74) is 3.47. The SMILES string of the molecule is COc1ccc2c(c1)CCN2C(=O)NC1CCN(Cc2ccncc2)CC1. The lowest BCUT2D eigenvalue weighted by molar-refractivity contribution is 0.188. The number of hydrogen-bond donors (Lipinski definition) is 1. The van der Waals surface area contributed by atoms with Crippen LogP contribution in [-0.2, 0) is 13.0 Å². The first-order valence-electron chi connectivity index (χ1n) is 9.59. The zero-order valence-corrected chi connectivity index (χ0v) is 15.7. The van der Waals surface area contributed by atoms with E-state index < -0.39 is 0 Å². The van der Waals surface area contributed by atoms with Gasteiger partial charge in [0.25, 0.3) is 0 Å². The minimum absolute atomic E-state index is 0.0199. The fraction of sp³-hybridized carbons (Fsp3) is 0.429. The standard InChI is InChI=1S/C21H26N4O2/c1-27-19-2-3-20-17(14-19)6-13-25(20)21(26)23-18-7-11-24(12-8-18)15-16-4-9-22-10-5-16/h2-5,9-10,14,18H,6-8,11-13,15H2,1H3,(H,23,26). The third-order valence-corrected chi connectivity index (χ3v) is 5.50. The van der Waals surface area contributed by atoms with Crippen molar-refractivity contribution in [2.75, 3.05) is 31.6 Å². The van der Waals surface area contributed by atoms with Gasteiger partial charge in [-0.2, -0.15) is 0 Å². The second-order valence-corrected chi connectivity index (χ2v) is 7.25. The summed E-state index contributed by atoms with van der Waals surface area (Å²) < 4.78 is 5.28. The van der Waals surface area contributed by atoms with Crippen molar-refractivity contribution >= 4 is 11.7 Å². The van der Waals surface area contributed by atoms with E-state index >= 15 is 0 Å². The Kier molecular flexibility index (Phi) is 5.25. The van der Waals surface area contributed by atoms with Crippen LogP contribution < -0.4 is 15.0 Å². The Hall–Kier alpha value is -2.60. The van der Waals surface area contributed by atoms with E-state index in [2.05, 4.69) is 27.3 Å². The van der Waals surface area contributed by atoms with Gasteiger partial charge in [0.1, 0.15) is 5.75 Å². The average Bonchev–Trinajstić information content (AvgIpc) is 3.13. The molecule has 0 unspecified atom stereocenters. The highest BCUT2D eigenvalue weighted by molar-refractivity contribution is 5.94. The van der Waals surface area contributed by atoms with Crippen molar-refractivity contribution in [3.05, 3.63) is 53.9 Å². The van der Waals surface area contributed by atoms with Crippen LogP contribution >= 0.6 is 0 Å². The summed E-state index contributed by atoms with van der Waals surface area (Å²) in [7, 11) is 1.67. The Morgan fingerprint density at radius 1 is 1.19 bits per heavy atom. The summed E-state index contributed by atoms with van der Waals surface area (Å²) in [6.07, 6.45) is 6.53. The van der Waals surface area contributed by atoms with Gasteiger partial charge in [0.05, 0.1) is 7.11 Å². The first-order chi connectivity index (χ1) is 13.2. The highest BCUT2D eigenvalue weighted by Gasteiger charge is 2.28. The van der Waals surface area contributed by atoms with Gasteiger partial charge in [-0.25, -0.2) is 4.79 Å². The molecular formula is C21H26N4O2. The van der Waals surface area contributed by atoms with Crippen LogP contribution in [0, 0.1) is 0 Å². The summed E-state index contributed by atoms with van der Waals surface area (Å²) in [5, 5.41) is 3.23. The van der Waals surface area contributed by atoms with Gasteiger partial charge >= 0.3 is 6.03 Å². The van der Waals surface area contributed by atoms with Crippen LogP contribution in [0.25, 0.3) is 0 Å². The summed E-state index contributed by atoms with van der Waals surface area (Å²) >= 11 is 0. The number of carbonyl (C=O) groups excluding carboxylic acids is 1. The van der Waals surface area contributed by atoms with E-state index in [1.807, 2.05) is 35.5 Å². The number of likely N-dealkylation sites (tertiary alicyclic amines) is 1. The molecule has 6 heteroatoms. The van der Waals surface area contributed by atoms with Gasteiger partial charge < -0.3 is 10.1 Å². The van der Waals surface area contributed by atoms with Crippen LogP contribution in [-0.4, -0.2) is 48.7 Å². The third-order valence-electron chi connectivity index (χ3n) is 5.50. The average molecular weight is 366 g/mol. The fourth-order valence-electron chi connectivity index (χ4n) is 3.95. The van der Waals surface area contributed by atoms with Gasteiger partial charge in [-0.1, -0.05) is 0 Å². The van der Waals surface area contributed by atoms with Gasteiger partial charge in [0, 0.05) is 50.3 Å². The second kappa shape index (κ2) is 7.96. The number of anilines is 1. The third kappa shape index (κ3) is 4.06. The van der Waals surface area contributed by atoms with Crippen molar-refractivity contribution in [3.63, 3.8) is 0 Å². The number of aromatic nitrogens is 1. The van der Waals surface area contributed by atoms with Crippen LogP contribution in [0.3, 0.4) is 0 Å². The first kappa shape index (κ1) is 17.8. The molecule has 1 aromatic carbocycles. The Morgan fingerprint density at radius 3 is 2.70 bits per heavy atom. The van der Waals surface area contributed by atoms with Crippen LogP contribution in [0.1, 0.15) is 24.0 Å². The molecule has 6 nitrogen and oxygen atoms in total. The number of fused-ring (bicyclic) bond motifs is 1. The number of carbonyl (C=O) groups is 1. The Bertz CT molecular complexity index is 788. The predicted octanol–water partition coefficient (Wildman–Crippen LogP) is 2.83. The number of piperidine rings is 1. The number of ether oxygens (including phenoxy) is 1. The molecule has 27 heavy (non-hydrogen) atoms. The number of amides is 2. The highest BCUT2D eigenvalue weighted by atomic mass is 16.5. The zero-order chi connectivity index (χ0) is 18.6. The highest BCUT2D eigenvalue weighted by Crippen LogP contribution is 2.31. The Labute approximate surface area is 160 Å². The summed E-state index contributed by atoms with van der Waals surface area (Å²) in [6.45, 7) is 3.68. The lowest BCUT2D eigenvalue weighted by Crippen LogP contribution is -2.48. The monoisotopic (exact) mass is 366 g/mol. The van der Waals surface area contributed by atoms with E-state index in [4.69, 9.17) is 4.74 Å². The lowest BCUT2D eigenvalue weighted by atomic mass is 10.0. The smallest absolute Gasteiger partial charge is 0.322 e. The summed E-state index contributed by atoms with van der Waals surface area (Å²) in [4.78, 5) is 21.1. The minimum Gasteiger partial charge on any atom is -0.497 e. The summed E-state index contributed by atoms with van der Waals surface area (Å²) in [5.74, 6) is 0.845. The largest absolute Gasteiger partial charge is 0.497 e. The van der Waals surface area contributed by atoms with Crippen LogP contribution in [0.5, 0.6) is 5.75 Å². The molecule has 3 heterocycles. The molecule has 0 atom stereocenters. The molecule has 2 aliphatic heterocycles. The van der Waals surface area contributed by atoms with Crippen molar-refractivity contribution in [3.8, 4) is 5.75 Å². The lowest BCUT2D eigenvalue weighted by Gasteiger charge is -2.33. The zero-order valence-electron chi connectivity index (χ0n) is 15.7. The maximum atomic E-state index is 12.8. The molecule has 2 amide bonds. The van der Waals surface area contributed by atoms with E-state index in [-0.39, 0.29) is 12.1 Å². The molecule has 2 aromatic rings. The molecule has 1 N–H and O–H groups in total. The van der Waals surface area contributed by atoms with Crippen molar-refractivity contribution in [1.82, 2.24) is 15.2 Å². The predicted molar refractivity (Wildman–Crippen MR) is 105 cm³/mol. The minimum atomic E-state index is 0.0199. The molecule has 0 bridgehead atoms. The van der Waals surface area contributed by atoms with Gasteiger partial charge in [-0.05, 0) is 60.7 Å². The van der Waals surface area contributed by atoms with Gasteiger partial charge in [-0.3, -0.25) is 14.8 Å². The molecule has 1 saturated heterocycles. The fourth-order valence-corrected chi connectivity index (χ4v) is 3.95. The molecular weight excluding hydrogens is 340 g/mol. The molecule has 142 valence electrons. The van der Waals surface area contributed by atoms with Crippen LogP contribution in [0.15, 0.2) is 42.7 Å². The number of pyridine rings is 1. The van der Waals surface area contributed by atoms with Crippen molar-refractivity contribution in [2.45, 2.75) is 31.8 Å². The molecule has 0 saturated carbocycles. The van der Waals surface area contributed by atoms with E-state index in [0.717, 1.165) is 56.9 Å². The topological polar surface area (TPSA) is 57.7 Å². The van der Waals surface area contributed by atoms with Crippen molar-refractivity contribution < 1.29 is 9.53 Å². The van der Waals surface area contributed by atoms with Crippen LogP contribution in [0.4, 0.5) is 10.5 Å². The first-order valence-corrected chi connectivity index (χ1v) is 9.59. The number of nitrogens with one attached hydrogen (secondary N) is 1. The van der Waals surface area contributed by atoms with Gasteiger partial charge in [0.15, 0.2) is 0 Å². The van der Waals surface area contributed by atoms with Crippen molar-refractivity contribution in [2.24, 2.45) is 0 Å². The molecule has 4 rings (SSSR count). The number of hydrogen-bond acceptors (Lipinski definition) is 4. The van der Waals surface area contributed by atoms with Crippen LogP contribution in [0.2, 0.25) is 0 Å². The van der Waals surface area contributed by atoms with Crippen molar-refractivity contribution in [1.29, 1.82) is 0 Å². The number of benzene rings is 1. The molecule has 1 aromatic heterocycles. The number of methoxy groups -OCH3 is 1. The number of urea groups is 1. The van der Waals surface area contributed by atoms with E-state index in [1.165, 1.54) is 11.1 Å². The molecule has 0 aliphatic carbocycles. The summed E-state index contributed by atoms with van der Waals surface area (Å²) in [6, 6.07) is 10.3. The van der Waals surface area contributed by atoms with E-state index in [0.29, 0.717) is 0 Å². The Balaban J connectivity index is 1.29. The van der Waals surface area contributed by atoms with E-state index in [1.54, 1.807) is 7.11 Å².